The van der Waals surface area contributed by atoms with Gasteiger partial charge in [-0.05, 0) is 24.1 Å². The van der Waals surface area contributed by atoms with Crippen LogP contribution in [0.4, 0.5) is 15.8 Å². The van der Waals surface area contributed by atoms with Crippen molar-refractivity contribution in [2.45, 2.75) is 13.3 Å². The van der Waals surface area contributed by atoms with Gasteiger partial charge in [0, 0.05) is 0 Å². The summed E-state index contributed by atoms with van der Waals surface area (Å²) >= 11 is 0. The first kappa shape index (κ1) is 9.51. The van der Waals surface area contributed by atoms with Gasteiger partial charge in [-0.15, -0.1) is 0 Å². The maximum Gasteiger partial charge on any atom is 0.211 e. The standard InChI is InChI=1S/C9H11FN2O/c1-2-6-3-7(10)4-8(11)9(6)12-5-13/h3-5H,2,11H2,1H3,(H,12,13). The Morgan fingerprint density at radius 2 is 2.31 bits per heavy atom. The van der Waals surface area contributed by atoms with E-state index in [1.54, 1.807) is 0 Å². The van der Waals surface area contributed by atoms with Crippen molar-refractivity contribution in [3.8, 4) is 0 Å². The quantitative estimate of drug-likeness (QED) is 0.550. The van der Waals surface area contributed by atoms with Gasteiger partial charge in [-0.25, -0.2) is 4.39 Å². The normalized spacial score (nSPS) is 9.69. The number of hydrogen-bond acceptors (Lipinski definition) is 2. The molecule has 0 aromatic heterocycles. The zero-order valence-electron chi connectivity index (χ0n) is 7.30. The number of aryl methyl sites for hydroxylation is 1. The summed E-state index contributed by atoms with van der Waals surface area (Å²) in [6.45, 7) is 1.87. The highest BCUT2D eigenvalue weighted by Crippen LogP contribution is 2.24. The molecular formula is C9H11FN2O. The Balaban J connectivity index is 3.20. The third-order valence-electron chi connectivity index (χ3n) is 1.80. The molecule has 70 valence electrons. The van der Waals surface area contributed by atoms with Crippen molar-refractivity contribution in [3.63, 3.8) is 0 Å². The first-order valence-corrected chi connectivity index (χ1v) is 3.97. The molecule has 0 aliphatic carbocycles. The molecule has 0 saturated carbocycles. The van der Waals surface area contributed by atoms with Crippen molar-refractivity contribution in [1.29, 1.82) is 0 Å². The molecule has 3 N–H and O–H groups in total. The van der Waals surface area contributed by atoms with Crippen LogP contribution in [0.1, 0.15) is 12.5 Å². The lowest BCUT2D eigenvalue weighted by Crippen LogP contribution is -2.03. The van der Waals surface area contributed by atoms with Crippen LogP contribution in [0.2, 0.25) is 0 Å². The van der Waals surface area contributed by atoms with Gasteiger partial charge in [0.15, 0.2) is 0 Å². The Morgan fingerprint density at radius 3 is 2.85 bits per heavy atom. The van der Waals surface area contributed by atoms with Crippen molar-refractivity contribution < 1.29 is 9.18 Å². The molecule has 1 rings (SSSR count). The average molecular weight is 182 g/mol. The number of rotatable bonds is 3. The minimum atomic E-state index is -0.384. The number of nitrogens with two attached hydrogens (primary N) is 1. The second-order valence-electron chi connectivity index (χ2n) is 2.64. The van der Waals surface area contributed by atoms with Crippen LogP contribution >= 0.6 is 0 Å². The van der Waals surface area contributed by atoms with Gasteiger partial charge in [0.1, 0.15) is 5.82 Å². The summed E-state index contributed by atoms with van der Waals surface area (Å²) in [6, 6.07) is 2.55. The molecule has 0 aliphatic heterocycles. The van der Waals surface area contributed by atoms with Crippen LogP contribution in [0.15, 0.2) is 12.1 Å². The molecule has 1 aromatic rings. The molecule has 1 aromatic carbocycles. The number of carbonyl (C=O) groups is 1. The molecule has 3 nitrogen and oxygen atoms in total. The summed E-state index contributed by atoms with van der Waals surface area (Å²) in [6.07, 6.45) is 1.15. The maximum absolute atomic E-state index is 12.8. The van der Waals surface area contributed by atoms with Crippen LogP contribution in [-0.4, -0.2) is 6.41 Å². The largest absolute Gasteiger partial charge is 0.397 e. The first-order chi connectivity index (χ1) is 6.19. The fourth-order valence-corrected chi connectivity index (χ4v) is 1.20. The Labute approximate surface area is 75.7 Å². The molecule has 0 radical (unpaired) electrons. The number of benzene rings is 1. The minimum absolute atomic E-state index is 0.254. The van der Waals surface area contributed by atoms with E-state index < -0.39 is 0 Å². The van der Waals surface area contributed by atoms with E-state index in [0.717, 1.165) is 0 Å². The highest BCUT2D eigenvalue weighted by Gasteiger charge is 2.06. The van der Waals surface area contributed by atoms with Gasteiger partial charge < -0.3 is 11.1 Å². The Morgan fingerprint density at radius 1 is 1.62 bits per heavy atom. The lowest BCUT2D eigenvalue weighted by molar-refractivity contribution is -0.105. The van der Waals surface area contributed by atoms with E-state index in [9.17, 15) is 9.18 Å². The van der Waals surface area contributed by atoms with Crippen LogP contribution in [-0.2, 0) is 11.2 Å². The smallest absolute Gasteiger partial charge is 0.211 e. The Hall–Kier alpha value is -1.58. The third kappa shape index (κ3) is 1.96. The molecule has 0 atom stereocenters. The van der Waals surface area contributed by atoms with E-state index in [0.29, 0.717) is 24.1 Å². The minimum Gasteiger partial charge on any atom is -0.397 e. The fourth-order valence-electron chi connectivity index (χ4n) is 1.20. The number of halogens is 1. The number of nitrogens with one attached hydrogen (secondary N) is 1. The van der Waals surface area contributed by atoms with Crippen LogP contribution in [0.25, 0.3) is 0 Å². The SMILES string of the molecule is CCc1cc(F)cc(N)c1NC=O. The van der Waals surface area contributed by atoms with Crippen LogP contribution in [0.5, 0.6) is 0 Å². The summed E-state index contributed by atoms with van der Waals surface area (Å²) < 4.78 is 12.8. The molecule has 0 unspecified atom stereocenters. The second kappa shape index (κ2) is 3.89. The fraction of sp³-hybridized carbons (Fsp3) is 0.222. The summed E-state index contributed by atoms with van der Waals surface area (Å²) in [7, 11) is 0. The summed E-state index contributed by atoms with van der Waals surface area (Å²) in [4.78, 5) is 10.2. The third-order valence-corrected chi connectivity index (χ3v) is 1.80. The Bertz CT molecular complexity index is 326. The van der Waals surface area contributed by atoms with Crippen molar-refractivity contribution in [1.82, 2.24) is 0 Å². The van der Waals surface area contributed by atoms with Gasteiger partial charge >= 0.3 is 0 Å². The van der Waals surface area contributed by atoms with Crippen molar-refractivity contribution in [2.24, 2.45) is 0 Å². The lowest BCUT2D eigenvalue weighted by atomic mass is 10.1. The predicted molar refractivity (Wildman–Crippen MR) is 49.9 cm³/mol. The summed E-state index contributed by atoms with van der Waals surface area (Å²) in [5.74, 6) is -0.384. The predicted octanol–water partition coefficient (Wildman–Crippen LogP) is 1.54. The van der Waals surface area contributed by atoms with E-state index in [-0.39, 0.29) is 11.5 Å². The summed E-state index contributed by atoms with van der Waals surface area (Å²) in [5.41, 5.74) is 6.97. The molecular weight excluding hydrogens is 171 g/mol. The van der Waals surface area contributed by atoms with Crippen LogP contribution in [0, 0.1) is 5.82 Å². The number of anilines is 2. The topological polar surface area (TPSA) is 55.1 Å². The maximum atomic E-state index is 12.8. The number of nitrogen functional groups attached to an aromatic ring is 1. The average Bonchev–Trinajstić information content (AvgIpc) is 2.09. The van der Waals surface area contributed by atoms with Crippen molar-refractivity contribution >= 4 is 17.8 Å². The van der Waals surface area contributed by atoms with Crippen LogP contribution in [0.3, 0.4) is 0 Å². The first-order valence-electron chi connectivity index (χ1n) is 3.97. The van der Waals surface area contributed by atoms with E-state index in [1.165, 1.54) is 12.1 Å². The van der Waals surface area contributed by atoms with Gasteiger partial charge in [0.2, 0.25) is 6.41 Å². The number of hydrogen-bond donors (Lipinski definition) is 2. The highest BCUT2D eigenvalue weighted by molar-refractivity contribution is 5.82. The van der Waals surface area contributed by atoms with Crippen molar-refractivity contribution in [2.75, 3.05) is 11.1 Å². The van der Waals surface area contributed by atoms with Gasteiger partial charge in [-0.3, -0.25) is 4.79 Å². The van der Waals surface area contributed by atoms with Gasteiger partial charge in [0.25, 0.3) is 0 Å². The monoisotopic (exact) mass is 182 g/mol. The lowest BCUT2D eigenvalue weighted by Gasteiger charge is -2.09. The molecule has 0 bridgehead atoms. The van der Waals surface area contributed by atoms with E-state index in [2.05, 4.69) is 5.32 Å². The number of amides is 1. The van der Waals surface area contributed by atoms with E-state index >= 15 is 0 Å². The second-order valence-corrected chi connectivity index (χ2v) is 2.64. The van der Waals surface area contributed by atoms with E-state index in [1.807, 2.05) is 6.92 Å². The van der Waals surface area contributed by atoms with Crippen molar-refractivity contribution in [3.05, 3.63) is 23.5 Å². The summed E-state index contributed by atoms with van der Waals surface area (Å²) in [5, 5.41) is 2.45. The molecule has 0 fully saturated rings. The molecule has 0 aliphatic rings. The molecule has 4 heteroatoms. The van der Waals surface area contributed by atoms with Gasteiger partial charge in [0.05, 0.1) is 11.4 Å². The molecule has 0 saturated heterocycles. The zero-order valence-corrected chi connectivity index (χ0v) is 7.30. The van der Waals surface area contributed by atoms with E-state index in [4.69, 9.17) is 5.73 Å². The Kier molecular flexibility index (Phi) is 2.84. The number of carbonyl (C=O) groups excluding carboxylic acids is 1. The zero-order chi connectivity index (χ0) is 9.84. The molecule has 1 amide bonds. The molecule has 13 heavy (non-hydrogen) atoms. The molecule has 0 heterocycles. The molecule has 0 spiro atoms. The van der Waals surface area contributed by atoms with Gasteiger partial charge in [-0.1, -0.05) is 6.92 Å². The van der Waals surface area contributed by atoms with Gasteiger partial charge in [-0.2, -0.15) is 0 Å². The highest BCUT2D eigenvalue weighted by atomic mass is 19.1. The van der Waals surface area contributed by atoms with Crippen LogP contribution < -0.4 is 11.1 Å².